The molecule has 1 fully saturated rings. The third-order valence-corrected chi connectivity index (χ3v) is 7.67. The van der Waals surface area contributed by atoms with Crippen LogP contribution in [-0.2, 0) is 41.1 Å². The van der Waals surface area contributed by atoms with Crippen LogP contribution in [0.3, 0.4) is 0 Å². The fourth-order valence-electron chi connectivity index (χ4n) is 5.45. The van der Waals surface area contributed by atoms with Crippen LogP contribution in [0.4, 0.5) is 50.1 Å². The number of hydrogen-bond acceptors (Lipinski definition) is 5. The average molecular weight is 658 g/mol. The molecular weight excluding hydrogens is 625 g/mol. The molecule has 1 aromatic heterocycles. The third kappa shape index (κ3) is 9.88. The topological polar surface area (TPSA) is 83.0 Å². The molecule has 1 saturated carbocycles. The van der Waals surface area contributed by atoms with E-state index in [9.17, 15) is 49.1 Å². The maximum absolute atomic E-state index is 13.7. The second-order valence-corrected chi connectivity index (χ2v) is 11.0. The molecule has 1 heterocycles. The second-order valence-electron chi connectivity index (χ2n) is 11.0. The molecule has 2 aromatic rings. The van der Waals surface area contributed by atoms with Crippen LogP contribution >= 0.6 is 0 Å². The van der Waals surface area contributed by atoms with Crippen molar-refractivity contribution in [1.82, 2.24) is 9.88 Å². The Hall–Kier alpha value is -3.72. The first-order chi connectivity index (χ1) is 20.8. The van der Waals surface area contributed by atoms with E-state index in [1.165, 1.54) is 0 Å². The molecule has 1 N–H and O–H groups in total. The number of ether oxygens (including phenoxy) is 1. The summed E-state index contributed by atoms with van der Waals surface area (Å²) in [7, 11) is 0.910. The first-order valence-corrected chi connectivity index (χ1v) is 14.0. The number of alkyl halides is 9. The number of methoxy groups -OCH3 is 1. The highest BCUT2D eigenvalue weighted by atomic mass is 19.4. The number of carbonyl (C=O) groups excluding carboxylic acids is 1. The summed E-state index contributed by atoms with van der Waals surface area (Å²) in [5, 5.41) is 9.06. The first-order valence-electron chi connectivity index (χ1n) is 14.0. The van der Waals surface area contributed by atoms with Gasteiger partial charge in [-0.2, -0.15) is 39.5 Å². The number of halogens is 9. The lowest BCUT2D eigenvalue weighted by atomic mass is 9.80. The van der Waals surface area contributed by atoms with E-state index < -0.39 is 65.9 Å². The van der Waals surface area contributed by atoms with E-state index in [-0.39, 0.29) is 42.2 Å². The van der Waals surface area contributed by atoms with E-state index in [2.05, 4.69) is 9.72 Å². The lowest BCUT2D eigenvalue weighted by Crippen LogP contribution is -2.35. The van der Waals surface area contributed by atoms with E-state index in [1.807, 2.05) is 0 Å². The van der Waals surface area contributed by atoms with E-state index >= 15 is 0 Å². The van der Waals surface area contributed by atoms with Crippen LogP contribution in [0.25, 0.3) is 0 Å². The molecule has 0 saturated heterocycles. The fourth-order valence-corrected chi connectivity index (χ4v) is 5.45. The summed E-state index contributed by atoms with van der Waals surface area (Å²) in [4.78, 5) is 30.2. The smallest absolute Gasteiger partial charge is 0.417 e. The molecule has 16 heteroatoms. The highest BCUT2D eigenvalue weighted by molar-refractivity contribution is 5.68. The van der Waals surface area contributed by atoms with Crippen LogP contribution in [0.2, 0.25) is 0 Å². The third-order valence-electron chi connectivity index (χ3n) is 7.67. The Morgan fingerprint density at radius 1 is 0.844 bits per heavy atom. The van der Waals surface area contributed by atoms with Crippen LogP contribution in [0.1, 0.15) is 66.8 Å². The van der Waals surface area contributed by atoms with Crippen molar-refractivity contribution in [2.24, 2.45) is 11.8 Å². The SMILES string of the molecule is CCN(CC1CCC(CC(=O)O)CC1)c1ncc(C(F)(F)F)cc1CN(Cc1cc(C(F)(F)F)cc(C(F)(F)F)c1)C(=O)OC. The molecule has 45 heavy (non-hydrogen) atoms. The number of rotatable bonds is 10. The zero-order chi connectivity index (χ0) is 33.7. The predicted octanol–water partition coefficient (Wildman–Crippen LogP) is 8.01. The van der Waals surface area contributed by atoms with Crippen molar-refractivity contribution in [3.8, 4) is 0 Å². The Kier molecular flexibility index (Phi) is 11.2. The van der Waals surface area contributed by atoms with Crippen LogP contribution in [0, 0.1) is 11.8 Å². The molecule has 0 atom stereocenters. The monoisotopic (exact) mass is 657 g/mol. The minimum absolute atomic E-state index is 0.0101. The zero-order valence-corrected chi connectivity index (χ0v) is 24.3. The van der Waals surface area contributed by atoms with Gasteiger partial charge in [-0.1, -0.05) is 0 Å². The van der Waals surface area contributed by atoms with Crippen LogP contribution < -0.4 is 4.90 Å². The van der Waals surface area contributed by atoms with Crippen molar-refractivity contribution in [1.29, 1.82) is 0 Å². The number of aliphatic carboxylic acids is 1. The van der Waals surface area contributed by atoms with Gasteiger partial charge in [0.2, 0.25) is 0 Å². The number of carboxylic acids is 1. The van der Waals surface area contributed by atoms with Gasteiger partial charge in [-0.15, -0.1) is 0 Å². The molecule has 0 aliphatic heterocycles. The second kappa shape index (κ2) is 14.1. The Bertz CT molecular complexity index is 1310. The van der Waals surface area contributed by atoms with Gasteiger partial charge in [-0.05, 0) is 74.3 Å². The Balaban J connectivity index is 1.98. The quantitative estimate of drug-likeness (QED) is 0.261. The average Bonchev–Trinajstić information content (AvgIpc) is 2.94. The number of carboxylic acid groups (broad SMARTS) is 1. The summed E-state index contributed by atoms with van der Waals surface area (Å²) in [6, 6.07) is 1.51. The van der Waals surface area contributed by atoms with Gasteiger partial charge in [0.1, 0.15) is 5.82 Å². The summed E-state index contributed by atoms with van der Waals surface area (Å²) in [5.74, 6) is -0.792. The van der Waals surface area contributed by atoms with E-state index in [4.69, 9.17) is 5.11 Å². The molecular formula is C29H32F9N3O4. The molecule has 1 aromatic carbocycles. The lowest BCUT2D eigenvalue weighted by Gasteiger charge is -2.34. The van der Waals surface area contributed by atoms with Gasteiger partial charge in [0.15, 0.2) is 0 Å². The molecule has 0 radical (unpaired) electrons. The van der Waals surface area contributed by atoms with Crippen LogP contribution in [0.5, 0.6) is 0 Å². The predicted molar refractivity (Wildman–Crippen MR) is 143 cm³/mol. The number of hydrogen-bond donors (Lipinski definition) is 1. The largest absolute Gasteiger partial charge is 0.481 e. The van der Waals surface area contributed by atoms with Gasteiger partial charge in [0, 0.05) is 37.8 Å². The molecule has 3 rings (SSSR count). The van der Waals surface area contributed by atoms with Crippen molar-refractivity contribution in [2.75, 3.05) is 25.1 Å². The van der Waals surface area contributed by atoms with Crippen molar-refractivity contribution in [2.45, 2.75) is 70.6 Å². The minimum Gasteiger partial charge on any atom is -0.481 e. The summed E-state index contributed by atoms with van der Waals surface area (Å²) in [5.41, 5.74) is -5.13. The molecule has 0 bridgehead atoms. The van der Waals surface area contributed by atoms with Gasteiger partial charge < -0.3 is 14.7 Å². The van der Waals surface area contributed by atoms with Gasteiger partial charge in [-0.25, -0.2) is 9.78 Å². The van der Waals surface area contributed by atoms with Gasteiger partial charge >= 0.3 is 30.6 Å². The maximum atomic E-state index is 13.7. The van der Waals surface area contributed by atoms with Gasteiger partial charge in [0.05, 0.1) is 30.3 Å². The van der Waals surface area contributed by atoms with Crippen molar-refractivity contribution < 1.29 is 58.9 Å². The van der Waals surface area contributed by atoms with Crippen LogP contribution in [-0.4, -0.2) is 47.3 Å². The molecule has 1 amide bonds. The maximum Gasteiger partial charge on any atom is 0.417 e. The molecule has 250 valence electrons. The lowest BCUT2D eigenvalue weighted by molar-refractivity contribution is -0.143. The molecule has 1 aliphatic carbocycles. The molecule has 7 nitrogen and oxygen atoms in total. The van der Waals surface area contributed by atoms with Gasteiger partial charge in [-0.3, -0.25) is 9.69 Å². The Labute approximate surface area is 253 Å². The highest BCUT2D eigenvalue weighted by Gasteiger charge is 2.38. The number of amides is 1. The van der Waals surface area contributed by atoms with Gasteiger partial charge in [0.25, 0.3) is 0 Å². The summed E-state index contributed by atoms with van der Waals surface area (Å²) >= 11 is 0. The number of anilines is 1. The van der Waals surface area contributed by atoms with Crippen molar-refractivity contribution >= 4 is 17.9 Å². The van der Waals surface area contributed by atoms with E-state index in [1.54, 1.807) is 11.8 Å². The van der Waals surface area contributed by atoms with Crippen molar-refractivity contribution in [3.63, 3.8) is 0 Å². The standard InChI is InChI=1S/C29H32F9N3O4/c1-3-40(14-18-6-4-17(5-7-18)10-24(42)43)25-20(11-23(13-39-25)29(36,37)38)16-41(26(44)45-2)15-19-8-21(27(30,31)32)12-22(9-19)28(33,34)35/h8-9,11-13,17-18H,3-7,10,14-16H2,1-2H3,(H,42,43). The number of benzene rings is 1. The van der Waals surface area contributed by atoms with Crippen LogP contribution in [0.15, 0.2) is 30.5 Å². The van der Waals surface area contributed by atoms with Crippen molar-refractivity contribution in [3.05, 3.63) is 58.3 Å². The fraction of sp³-hybridized carbons (Fsp3) is 0.552. The Morgan fingerprint density at radius 2 is 1.38 bits per heavy atom. The summed E-state index contributed by atoms with van der Waals surface area (Å²) < 4.78 is 126. The summed E-state index contributed by atoms with van der Waals surface area (Å²) in [6.45, 7) is 0.787. The van der Waals surface area contributed by atoms with E-state index in [0.29, 0.717) is 55.5 Å². The molecule has 0 unspecified atom stereocenters. The number of aromatic nitrogens is 1. The first kappa shape index (κ1) is 35.8. The number of carbonyl (C=O) groups is 2. The normalized spacial score (nSPS) is 17.6. The number of pyridine rings is 1. The van der Waals surface area contributed by atoms with E-state index in [0.717, 1.165) is 13.2 Å². The summed E-state index contributed by atoms with van der Waals surface area (Å²) in [6.07, 6.45) is -13.1. The Morgan fingerprint density at radius 3 is 1.84 bits per heavy atom. The highest BCUT2D eigenvalue weighted by Crippen LogP contribution is 2.38. The molecule has 1 aliphatic rings. The number of nitrogens with zero attached hydrogens (tertiary/aromatic N) is 3. The molecule has 0 spiro atoms. The zero-order valence-electron chi connectivity index (χ0n) is 24.3. The minimum atomic E-state index is -5.15.